The molecule has 1 aromatic heterocycles. The van der Waals surface area contributed by atoms with Crippen molar-refractivity contribution in [1.29, 1.82) is 0 Å². The van der Waals surface area contributed by atoms with E-state index in [1.165, 1.54) is 7.11 Å². The summed E-state index contributed by atoms with van der Waals surface area (Å²) in [5, 5.41) is 33.5. The number of carboxylic acids is 1. The molecule has 10 nitrogen and oxygen atoms in total. The van der Waals surface area contributed by atoms with Gasteiger partial charge in [0.2, 0.25) is 0 Å². The van der Waals surface area contributed by atoms with Gasteiger partial charge >= 0.3 is 18.2 Å². The average molecular weight is 512 g/mol. The van der Waals surface area contributed by atoms with Crippen LogP contribution in [0.15, 0.2) is 18.2 Å². The average Bonchev–Trinajstić information content (AvgIpc) is 2.82. The number of likely N-dealkylation sites (tertiary alicyclic amines) is 1. The van der Waals surface area contributed by atoms with Crippen LogP contribution in [0.4, 0.5) is 23.8 Å². The number of nitrogens with zero attached hydrogens (tertiary/aromatic N) is 3. The molecular weight excluding hydrogens is 483 g/mol. The van der Waals surface area contributed by atoms with Crippen molar-refractivity contribution in [1.82, 2.24) is 20.4 Å². The van der Waals surface area contributed by atoms with E-state index in [9.17, 15) is 27.9 Å². The third-order valence-corrected chi connectivity index (χ3v) is 6.01. The van der Waals surface area contributed by atoms with Crippen LogP contribution in [0.25, 0.3) is 11.3 Å². The Labute approximate surface area is 205 Å². The number of phenols is 1. The number of amides is 1. The molecule has 0 radical (unpaired) electrons. The molecule has 3 rings (SSSR count). The van der Waals surface area contributed by atoms with Crippen LogP contribution in [0.3, 0.4) is 0 Å². The number of rotatable bonds is 8. The van der Waals surface area contributed by atoms with E-state index < -0.39 is 29.6 Å². The van der Waals surface area contributed by atoms with Gasteiger partial charge in [0.15, 0.2) is 5.82 Å². The molecule has 1 aliphatic rings. The van der Waals surface area contributed by atoms with Gasteiger partial charge in [0.1, 0.15) is 11.4 Å². The Morgan fingerprint density at radius 3 is 2.67 bits per heavy atom. The molecule has 0 spiro atoms. The summed E-state index contributed by atoms with van der Waals surface area (Å²) in [7, 11) is 1.21. The number of ether oxygens (including phenoxy) is 1. The largest absolute Gasteiger partial charge is 0.507 e. The standard InChI is InChI=1S/C23H28F3N5O5/c1-13-17(11-27-22(35)36-2)21(28-15-4-3-8-31(12-15)9-7-19(33)34)30-29-20(13)16-6-5-14(10-18(16)32)23(24,25)26/h5-6,10,15,32H,3-4,7-9,11-12H2,1-2H3,(H,27,35)(H,28,30)(H,33,34)/t15-/m1/s1. The number of benzene rings is 1. The van der Waals surface area contributed by atoms with E-state index in [1.54, 1.807) is 6.92 Å². The van der Waals surface area contributed by atoms with Crippen LogP contribution in [0.1, 0.15) is 36.0 Å². The Kier molecular flexibility index (Phi) is 8.56. The number of alkyl carbamates (subject to hydrolysis) is 1. The van der Waals surface area contributed by atoms with Gasteiger partial charge in [0.25, 0.3) is 0 Å². The van der Waals surface area contributed by atoms with E-state index in [2.05, 4.69) is 25.6 Å². The van der Waals surface area contributed by atoms with Crippen molar-refractivity contribution >= 4 is 17.9 Å². The fraction of sp³-hybridized carbons (Fsp3) is 0.478. The normalized spacial score (nSPS) is 16.4. The van der Waals surface area contributed by atoms with Crippen LogP contribution >= 0.6 is 0 Å². The highest BCUT2D eigenvalue weighted by molar-refractivity contribution is 5.73. The predicted molar refractivity (Wildman–Crippen MR) is 123 cm³/mol. The summed E-state index contributed by atoms with van der Waals surface area (Å²) in [6.45, 7) is 3.43. The lowest BCUT2D eigenvalue weighted by Gasteiger charge is -2.33. The highest BCUT2D eigenvalue weighted by atomic mass is 19.4. The van der Waals surface area contributed by atoms with Gasteiger partial charge in [-0.05, 0) is 50.1 Å². The molecule has 36 heavy (non-hydrogen) atoms. The lowest BCUT2D eigenvalue weighted by molar-refractivity contribution is -0.138. The number of phenolic OH excluding ortho intramolecular Hbond substituents is 1. The molecule has 2 heterocycles. The first-order chi connectivity index (χ1) is 17.0. The first-order valence-corrected chi connectivity index (χ1v) is 11.3. The molecule has 196 valence electrons. The van der Waals surface area contributed by atoms with E-state index in [0.29, 0.717) is 36.1 Å². The number of halogens is 3. The lowest BCUT2D eigenvalue weighted by Crippen LogP contribution is -2.43. The van der Waals surface area contributed by atoms with Crippen LogP contribution in [0.5, 0.6) is 5.75 Å². The number of hydrogen-bond acceptors (Lipinski definition) is 8. The molecule has 0 bridgehead atoms. The van der Waals surface area contributed by atoms with Crippen molar-refractivity contribution in [3.8, 4) is 17.0 Å². The summed E-state index contributed by atoms with van der Waals surface area (Å²) in [5.41, 5.74) is 0.256. The van der Waals surface area contributed by atoms with Gasteiger partial charge in [-0.1, -0.05) is 0 Å². The first kappa shape index (κ1) is 27.0. The number of aliphatic carboxylic acids is 1. The Morgan fingerprint density at radius 2 is 2.03 bits per heavy atom. The van der Waals surface area contributed by atoms with E-state index in [0.717, 1.165) is 31.5 Å². The van der Waals surface area contributed by atoms with E-state index >= 15 is 0 Å². The van der Waals surface area contributed by atoms with Crippen LogP contribution in [-0.2, 0) is 22.3 Å². The van der Waals surface area contributed by atoms with Crippen molar-refractivity contribution < 1.29 is 37.7 Å². The number of carboxylic acid groups (broad SMARTS) is 1. The Hall–Kier alpha value is -3.61. The molecule has 0 aliphatic carbocycles. The summed E-state index contributed by atoms with van der Waals surface area (Å²) < 4.78 is 43.7. The molecule has 1 atom stereocenters. The van der Waals surface area contributed by atoms with Crippen molar-refractivity contribution in [3.05, 3.63) is 34.9 Å². The molecule has 1 fully saturated rings. The molecular formula is C23H28F3N5O5. The molecule has 0 saturated carbocycles. The van der Waals surface area contributed by atoms with Crippen molar-refractivity contribution in [2.75, 3.05) is 32.1 Å². The minimum Gasteiger partial charge on any atom is -0.507 e. The van der Waals surface area contributed by atoms with Crippen LogP contribution in [0.2, 0.25) is 0 Å². The number of anilines is 1. The second-order valence-corrected chi connectivity index (χ2v) is 8.50. The topological polar surface area (TPSA) is 137 Å². The molecule has 1 amide bonds. The van der Waals surface area contributed by atoms with E-state index in [4.69, 9.17) is 5.11 Å². The van der Waals surface area contributed by atoms with Gasteiger partial charge in [-0.3, -0.25) is 4.79 Å². The maximum atomic E-state index is 13.0. The van der Waals surface area contributed by atoms with Crippen LogP contribution < -0.4 is 10.6 Å². The predicted octanol–water partition coefficient (Wildman–Crippen LogP) is 3.38. The number of alkyl halides is 3. The van der Waals surface area contributed by atoms with Gasteiger partial charge in [-0.2, -0.15) is 13.2 Å². The number of carbonyl (C=O) groups excluding carboxylic acids is 1. The van der Waals surface area contributed by atoms with Gasteiger partial charge in [0.05, 0.1) is 25.6 Å². The zero-order valence-corrected chi connectivity index (χ0v) is 19.9. The zero-order valence-electron chi connectivity index (χ0n) is 19.9. The third-order valence-electron chi connectivity index (χ3n) is 6.01. The number of hydrogen-bond donors (Lipinski definition) is 4. The first-order valence-electron chi connectivity index (χ1n) is 11.3. The Bertz CT molecular complexity index is 1110. The molecule has 1 saturated heterocycles. The SMILES string of the molecule is COC(=O)NCc1c(N[C@@H]2CCCN(CCC(=O)O)C2)nnc(-c2ccc(C(F)(F)F)cc2O)c1C. The zero-order chi connectivity index (χ0) is 26.5. The summed E-state index contributed by atoms with van der Waals surface area (Å²) in [6.07, 6.45) is -3.62. The fourth-order valence-corrected chi connectivity index (χ4v) is 4.11. The maximum Gasteiger partial charge on any atom is 0.416 e. The minimum absolute atomic E-state index is 0.0137. The number of piperidine rings is 1. The second-order valence-electron chi connectivity index (χ2n) is 8.50. The van der Waals surface area contributed by atoms with Gasteiger partial charge in [0, 0.05) is 30.3 Å². The van der Waals surface area contributed by atoms with Gasteiger partial charge < -0.3 is 30.5 Å². The van der Waals surface area contributed by atoms with Gasteiger partial charge in [-0.15, -0.1) is 10.2 Å². The monoisotopic (exact) mass is 511 g/mol. The number of methoxy groups -OCH3 is 1. The fourth-order valence-electron chi connectivity index (χ4n) is 4.11. The van der Waals surface area contributed by atoms with Crippen LogP contribution in [0, 0.1) is 6.92 Å². The highest BCUT2D eigenvalue weighted by Crippen LogP contribution is 2.38. The van der Waals surface area contributed by atoms with Gasteiger partial charge in [-0.25, -0.2) is 4.79 Å². The van der Waals surface area contributed by atoms with Crippen molar-refractivity contribution in [3.63, 3.8) is 0 Å². The molecule has 2 aromatic rings. The number of aromatic nitrogens is 2. The molecule has 0 unspecified atom stereocenters. The third kappa shape index (κ3) is 6.74. The number of carbonyl (C=O) groups is 2. The molecule has 1 aromatic carbocycles. The highest BCUT2D eigenvalue weighted by Gasteiger charge is 2.31. The summed E-state index contributed by atoms with van der Waals surface area (Å²) in [5.74, 6) is -1.11. The van der Waals surface area contributed by atoms with Crippen LogP contribution in [-0.4, -0.2) is 70.2 Å². The number of aromatic hydroxyl groups is 1. The van der Waals surface area contributed by atoms with E-state index in [-0.39, 0.29) is 30.3 Å². The summed E-state index contributed by atoms with van der Waals surface area (Å²) >= 11 is 0. The summed E-state index contributed by atoms with van der Waals surface area (Å²) in [4.78, 5) is 24.7. The second kappa shape index (κ2) is 11.4. The quantitative estimate of drug-likeness (QED) is 0.420. The lowest BCUT2D eigenvalue weighted by atomic mass is 9.99. The number of nitrogens with one attached hydrogen (secondary N) is 2. The maximum absolute atomic E-state index is 13.0. The summed E-state index contributed by atoms with van der Waals surface area (Å²) in [6, 6.07) is 2.54. The molecule has 4 N–H and O–H groups in total. The smallest absolute Gasteiger partial charge is 0.416 e. The van der Waals surface area contributed by atoms with Crippen molar-refractivity contribution in [2.45, 2.75) is 44.9 Å². The Balaban J connectivity index is 1.91. The molecule has 1 aliphatic heterocycles. The Morgan fingerprint density at radius 1 is 1.28 bits per heavy atom. The van der Waals surface area contributed by atoms with E-state index in [1.807, 2.05) is 4.90 Å². The molecule has 13 heteroatoms. The minimum atomic E-state index is -4.61. The van der Waals surface area contributed by atoms with Crippen molar-refractivity contribution in [2.24, 2.45) is 0 Å².